The van der Waals surface area contributed by atoms with Crippen LogP contribution in [0.3, 0.4) is 0 Å². The second-order valence-electron chi connectivity index (χ2n) is 4.93. The summed E-state index contributed by atoms with van der Waals surface area (Å²) in [5.74, 6) is 1.66. The van der Waals surface area contributed by atoms with Crippen LogP contribution in [0.25, 0.3) is 0 Å². The van der Waals surface area contributed by atoms with E-state index in [0.29, 0.717) is 6.54 Å². The third-order valence-electron chi connectivity index (χ3n) is 3.62. The average molecular weight is 428 g/mol. The van der Waals surface area contributed by atoms with Crippen molar-refractivity contribution in [2.45, 2.75) is 39.9 Å². The maximum absolute atomic E-state index is 4.25. The van der Waals surface area contributed by atoms with Crippen molar-refractivity contribution in [3.63, 3.8) is 0 Å². The van der Waals surface area contributed by atoms with E-state index in [2.05, 4.69) is 63.9 Å². The minimum atomic E-state index is 0. The number of nitrogens with one attached hydrogen (secondary N) is 2. The molecule has 0 atom stereocenters. The Morgan fingerprint density at radius 2 is 1.83 bits per heavy atom. The molecule has 126 valence electrons. The molecule has 0 aliphatic heterocycles. The van der Waals surface area contributed by atoms with Crippen LogP contribution in [0, 0.1) is 0 Å². The van der Waals surface area contributed by atoms with Crippen molar-refractivity contribution >= 4 is 29.9 Å². The first kappa shape index (κ1) is 19.4. The highest BCUT2D eigenvalue weighted by atomic mass is 127. The molecule has 0 unspecified atom stereocenters. The van der Waals surface area contributed by atoms with Crippen molar-refractivity contribution in [1.29, 1.82) is 0 Å². The Hall–Kier alpha value is -1.64. The molecule has 7 heteroatoms. The van der Waals surface area contributed by atoms with Crippen LogP contribution in [-0.2, 0) is 26.1 Å². The van der Waals surface area contributed by atoms with Crippen molar-refractivity contribution in [2.75, 3.05) is 7.05 Å². The Kier molecular flexibility index (Phi) is 8.60. The molecule has 0 bridgehead atoms. The van der Waals surface area contributed by atoms with Gasteiger partial charge in [0.25, 0.3) is 0 Å². The lowest BCUT2D eigenvalue weighted by atomic mass is 10.1. The maximum atomic E-state index is 4.25. The molecule has 1 aromatic carbocycles. The molecule has 23 heavy (non-hydrogen) atoms. The minimum absolute atomic E-state index is 0. The topological polar surface area (TPSA) is 67.1 Å². The SMILES string of the molecule is CCc1ccccc1CNC(=NC)NCc1nncn1CC.I. The molecule has 0 spiro atoms. The third kappa shape index (κ3) is 5.49. The number of hydrogen-bond acceptors (Lipinski definition) is 3. The molecule has 0 aliphatic rings. The predicted molar refractivity (Wildman–Crippen MR) is 104 cm³/mol. The second kappa shape index (κ2) is 10.2. The lowest BCUT2D eigenvalue weighted by Crippen LogP contribution is -2.37. The van der Waals surface area contributed by atoms with E-state index in [4.69, 9.17) is 0 Å². The summed E-state index contributed by atoms with van der Waals surface area (Å²) in [6.07, 6.45) is 2.77. The van der Waals surface area contributed by atoms with Crippen LogP contribution in [0.1, 0.15) is 30.8 Å². The first-order valence-electron chi connectivity index (χ1n) is 7.66. The van der Waals surface area contributed by atoms with Crippen LogP contribution in [0.15, 0.2) is 35.6 Å². The summed E-state index contributed by atoms with van der Waals surface area (Å²) in [7, 11) is 1.77. The van der Waals surface area contributed by atoms with Gasteiger partial charge in [-0.25, -0.2) is 0 Å². The van der Waals surface area contributed by atoms with Crippen molar-refractivity contribution in [3.05, 3.63) is 47.5 Å². The molecular formula is C16H25IN6. The van der Waals surface area contributed by atoms with E-state index >= 15 is 0 Å². The molecule has 0 aliphatic carbocycles. The van der Waals surface area contributed by atoms with E-state index < -0.39 is 0 Å². The zero-order chi connectivity index (χ0) is 15.8. The largest absolute Gasteiger partial charge is 0.352 e. The van der Waals surface area contributed by atoms with Crippen LogP contribution < -0.4 is 10.6 Å². The van der Waals surface area contributed by atoms with Gasteiger partial charge in [-0.05, 0) is 24.5 Å². The molecule has 1 heterocycles. The van der Waals surface area contributed by atoms with Gasteiger partial charge in [-0.15, -0.1) is 34.2 Å². The lowest BCUT2D eigenvalue weighted by molar-refractivity contribution is 0.669. The fourth-order valence-corrected chi connectivity index (χ4v) is 2.32. The highest BCUT2D eigenvalue weighted by Crippen LogP contribution is 2.08. The van der Waals surface area contributed by atoms with Gasteiger partial charge in [0.15, 0.2) is 11.8 Å². The first-order chi connectivity index (χ1) is 10.8. The van der Waals surface area contributed by atoms with Crippen LogP contribution in [0.4, 0.5) is 0 Å². The number of hydrogen-bond donors (Lipinski definition) is 2. The van der Waals surface area contributed by atoms with E-state index in [1.54, 1.807) is 13.4 Å². The highest BCUT2D eigenvalue weighted by Gasteiger charge is 2.05. The lowest BCUT2D eigenvalue weighted by Gasteiger charge is -2.13. The quantitative estimate of drug-likeness (QED) is 0.421. The Morgan fingerprint density at radius 1 is 1.13 bits per heavy atom. The second-order valence-corrected chi connectivity index (χ2v) is 4.93. The Morgan fingerprint density at radius 3 is 2.48 bits per heavy atom. The summed E-state index contributed by atoms with van der Waals surface area (Å²) in [5.41, 5.74) is 2.65. The van der Waals surface area contributed by atoms with Crippen molar-refractivity contribution in [1.82, 2.24) is 25.4 Å². The summed E-state index contributed by atoms with van der Waals surface area (Å²) >= 11 is 0. The van der Waals surface area contributed by atoms with Crippen LogP contribution in [0.5, 0.6) is 0 Å². The number of nitrogens with zero attached hydrogens (tertiary/aromatic N) is 4. The van der Waals surface area contributed by atoms with Crippen LogP contribution >= 0.6 is 24.0 Å². The summed E-state index contributed by atoms with van der Waals surface area (Å²) in [5, 5.41) is 14.6. The standard InChI is InChI=1S/C16H24N6.HI/c1-4-13-8-6-7-9-14(13)10-18-16(17-3)19-11-15-21-20-12-22(15)5-2;/h6-9,12H,4-5,10-11H2,1-3H3,(H2,17,18,19);1H. The summed E-state index contributed by atoms with van der Waals surface area (Å²) < 4.78 is 2.01. The van der Waals surface area contributed by atoms with Crippen LogP contribution in [0.2, 0.25) is 0 Å². The van der Waals surface area contributed by atoms with Gasteiger partial charge in [-0.3, -0.25) is 4.99 Å². The summed E-state index contributed by atoms with van der Waals surface area (Å²) in [4.78, 5) is 4.25. The number of rotatable bonds is 6. The predicted octanol–water partition coefficient (Wildman–Crippen LogP) is 2.34. The number of aromatic nitrogens is 3. The number of aryl methyl sites for hydroxylation is 2. The number of benzene rings is 1. The normalized spacial score (nSPS) is 11.0. The number of aliphatic imine (C=N–C) groups is 1. The molecule has 0 amide bonds. The number of halogens is 1. The molecule has 1 aromatic heterocycles. The molecule has 6 nitrogen and oxygen atoms in total. The zero-order valence-corrected chi connectivity index (χ0v) is 16.2. The minimum Gasteiger partial charge on any atom is -0.352 e. The Balaban J connectivity index is 0.00000264. The highest BCUT2D eigenvalue weighted by molar-refractivity contribution is 14.0. The van der Waals surface area contributed by atoms with Gasteiger partial charge in [0.2, 0.25) is 0 Å². The maximum Gasteiger partial charge on any atom is 0.191 e. The van der Waals surface area contributed by atoms with E-state index in [-0.39, 0.29) is 24.0 Å². The van der Waals surface area contributed by atoms with Gasteiger partial charge in [0.1, 0.15) is 6.33 Å². The van der Waals surface area contributed by atoms with Gasteiger partial charge < -0.3 is 15.2 Å². The fourth-order valence-electron chi connectivity index (χ4n) is 2.32. The van der Waals surface area contributed by atoms with Gasteiger partial charge in [0, 0.05) is 20.1 Å². The number of guanidine groups is 1. The summed E-state index contributed by atoms with van der Waals surface area (Å²) in [6, 6.07) is 8.45. The van der Waals surface area contributed by atoms with Gasteiger partial charge in [-0.1, -0.05) is 31.2 Å². The van der Waals surface area contributed by atoms with Crippen molar-refractivity contribution in [2.24, 2.45) is 4.99 Å². The van der Waals surface area contributed by atoms with E-state index in [9.17, 15) is 0 Å². The molecular weight excluding hydrogens is 403 g/mol. The van der Waals surface area contributed by atoms with Gasteiger partial charge in [0.05, 0.1) is 6.54 Å². The molecule has 2 aromatic rings. The van der Waals surface area contributed by atoms with E-state index in [0.717, 1.165) is 31.3 Å². The molecule has 0 fully saturated rings. The van der Waals surface area contributed by atoms with Crippen LogP contribution in [-0.4, -0.2) is 27.8 Å². The van der Waals surface area contributed by atoms with Crippen molar-refractivity contribution < 1.29 is 0 Å². The first-order valence-corrected chi connectivity index (χ1v) is 7.66. The average Bonchev–Trinajstić information content (AvgIpc) is 3.03. The van der Waals surface area contributed by atoms with Gasteiger partial charge in [-0.2, -0.15) is 0 Å². The smallest absolute Gasteiger partial charge is 0.191 e. The third-order valence-corrected chi connectivity index (χ3v) is 3.62. The van der Waals surface area contributed by atoms with E-state index in [1.165, 1.54) is 11.1 Å². The monoisotopic (exact) mass is 428 g/mol. The molecule has 2 N–H and O–H groups in total. The Labute approximate surface area is 154 Å². The Bertz CT molecular complexity index is 623. The van der Waals surface area contributed by atoms with Crippen molar-refractivity contribution in [3.8, 4) is 0 Å². The van der Waals surface area contributed by atoms with E-state index in [1.807, 2.05) is 4.57 Å². The zero-order valence-electron chi connectivity index (χ0n) is 13.9. The summed E-state index contributed by atoms with van der Waals surface area (Å²) in [6.45, 7) is 6.46. The molecule has 2 rings (SSSR count). The molecule has 0 saturated carbocycles. The molecule has 0 radical (unpaired) electrons. The molecule has 0 saturated heterocycles. The van der Waals surface area contributed by atoms with Gasteiger partial charge >= 0.3 is 0 Å². The fraction of sp³-hybridized carbons (Fsp3) is 0.438.